The van der Waals surface area contributed by atoms with E-state index in [1.807, 2.05) is 6.08 Å². The summed E-state index contributed by atoms with van der Waals surface area (Å²) in [5.41, 5.74) is 1.34. The molecule has 1 aliphatic rings. The third-order valence-electron chi connectivity index (χ3n) is 2.70. The maximum Gasteiger partial charge on any atom is 0.0695 e. The van der Waals surface area contributed by atoms with E-state index in [0.717, 1.165) is 25.9 Å². The summed E-state index contributed by atoms with van der Waals surface area (Å²) in [6, 6.07) is 0. The molecule has 2 nitrogen and oxygen atoms in total. The monoisotopic (exact) mass is 184 g/mol. The van der Waals surface area contributed by atoms with Gasteiger partial charge in [-0.3, -0.25) is 0 Å². The highest BCUT2D eigenvalue weighted by Gasteiger charge is 2.28. The maximum absolute atomic E-state index is 9.23. The van der Waals surface area contributed by atoms with Gasteiger partial charge < -0.3 is 9.84 Å². The van der Waals surface area contributed by atoms with Gasteiger partial charge in [0.2, 0.25) is 0 Å². The van der Waals surface area contributed by atoms with E-state index in [1.54, 1.807) is 6.92 Å². The maximum atomic E-state index is 9.23. The van der Waals surface area contributed by atoms with Gasteiger partial charge in [-0.1, -0.05) is 18.6 Å². The van der Waals surface area contributed by atoms with Crippen molar-refractivity contribution in [3.05, 3.63) is 11.6 Å². The fourth-order valence-electron chi connectivity index (χ4n) is 1.76. The van der Waals surface area contributed by atoms with Crippen molar-refractivity contribution in [2.24, 2.45) is 0 Å². The number of hydrogen-bond acceptors (Lipinski definition) is 2. The minimum atomic E-state index is -0.325. The zero-order valence-electron chi connectivity index (χ0n) is 8.84. The Labute approximate surface area is 80.6 Å². The van der Waals surface area contributed by atoms with E-state index in [4.69, 9.17) is 4.74 Å². The van der Waals surface area contributed by atoms with Gasteiger partial charge in [0.25, 0.3) is 0 Å². The van der Waals surface area contributed by atoms with E-state index in [2.05, 4.69) is 13.8 Å². The molecule has 2 unspecified atom stereocenters. The number of aliphatic hydroxyl groups is 1. The van der Waals surface area contributed by atoms with Crippen LogP contribution in [-0.4, -0.2) is 23.4 Å². The van der Waals surface area contributed by atoms with Crippen molar-refractivity contribution >= 4 is 0 Å². The third-order valence-corrected chi connectivity index (χ3v) is 2.70. The predicted molar refractivity (Wildman–Crippen MR) is 53.6 cm³/mol. The molecule has 0 aromatic rings. The topological polar surface area (TPSA) is 29.5 Å². The third kappa shape index (κ3) is 3.12. The van der Waals surface area contributed by atoms with Gasteiger partial charge in [-0.2, -0.15) is 0 Å². The van der Waals surface area contributed by atoms with Crippen LogP contribution < -0.4 is 0 Å². The Hall–Kier alpha value is -0.340. The largest absolute Gasteiger partial charge is 0.389 e. The Balaban J connectivity index is 2.61. The van der Waals surface area contributed by atoms with Gasteiger partial charge in [-0.05, 0) is 33.1 Å². The van der Waals surface area contributed by atoms with Crippen LogP contribution in [0.3, 0.4) is 0 Å². The average Bonchev–Trinajstić information content (AvgIpc) is 2.03. The van der Waals surface area contributed by atoms with E-state index < -0.39 is 0 Å². The molecule has 0 aromatic carbocycles. The Bertz CT molecular complexity index is 196. The first-order valence-corrected chi connectivity index (χ1v) is 5.07. The zero-order chi connectivity index (χ0) is 9.90. The second-order valence-corrected chi connectivity index (χ2v) is 4.14. The fourth-order valence-corrected chi connectivity index (χ4v) is 1.76. The Morgan fingerprint density at radius 1 is 1.69 bits per heavy atom. The SMILES string of the molecule is CCC1(C)CC(=CC(C)O)CCO1. The molecule has 13 heavy (non-hydrogen) atoms. The summed E-state index contributed by atoms with van der Waals surface area (Å²) in [5.74, 6) is 0. The van der Waals surface area contributed by atoms with Gasteiger partial charge in [-0.25, -0.2) is 0 Å². The predicted octanol–water partition coefficient (Wildman–Crippen LogP) is 2.27. The van der Waals surface area contributed by atoms with Crippen molar-refractivity contribution in [3.63, 3.8) is 0 Å². The first kappa shape index (κ1) is 10.7. The van der Waals surface area contributed by atoms with Crippen LogP contribution in [0.2, 0.25) is 0 Å². The van der Waals surface area contributed by atoms with Crippen LogP contribution in [0.15, 0.2) is 11.6 Å². The Kier molecular flexibility index (Phi) is 3.51. The highest BCUT2D eigenvalue weighted by atomic mass is 16.5. The molecule has 1 fully saturated rings. The molecule has 0 spiro atoms. The summed E-state index contributed by atoms with van der Waals surface area (Å²) in [6.45, 7) is 6.88. The molecule has 0 saturated carbocycles. The highest BCUT2D eigenvalue weighted by molar-refractivity contribution is 5.10. The summed E-state index contributed by atoms with van der Waals surface area (Å²) in [7, 11) is 0. The lowest BCUT2D eigenvalue weighted by molar-refractivity contribution is -0.0501. The number of hydrogen-bond donors (Lipinski definition) is 1. The lowest BCUT2D eigenvalue weighted by atomic mass is 9.89. The first-order chi connectivity index (χ1) is 6.06. The van der Waals surface area contributed by atoms with E-state index >= 15 is 0 Å². The van der Waals surface area contributed by atoms with Crippen LogP contribution in [0.1, 0.15) is 40.0 Å². The Morgan fingerprint density at radius 2 is 2.38 bits per heavy atom. The van der Waals surface area contributed by atoms with Crippen molar-refractivity contribution in [1.82, 2.24) is 0 Å². The van der Waals surface area contributed by atoms with E-state index in [-0.39, 0.29) is 11.7 Å². The molecule has 1 rings (SSSR count). The number of rotatable bonds is 2. The van der Waals surface area contributed by atoms with Gasteiger partial charge in [-0.15, -0.1) is 0 Å². The molecule has 76 valence electrons. The number of aliphatic hydroxyl groups excluding tert-OH is 1. The molecule has 0 aliphatic carbocycles. The normalized spacial score (nSPS) is 34.9. The molecule has 0 amide bonds. The van der Waals surface area contributed by atoms with Crippen LogP contribution >= 0.6 is 0 Å². The fraction of sp³-hybridized carbons (Fsp3) is 0.818. The molecular formula is C11H20O2. The molecule has 1 saturated heterocycles. The van der Waals surface area contributed by atoms with Crippen molar-refractivity contribution in [3.8, 4) is 0 Å². The van der Waals surface area contributed by atoms with Crippen LogP contribution in [0.4, 0.5) is 0 Å². The first-order valence-electron chi connectivity index (χ1n) is 5.07. The zero-order valence-corrected chi connectivity index (χ0v) is 8.84. The lowest BCUT2D eigenvalue weighted by Crippen LogP contribution is -2.33. The molecular weight excluding hydrogens is 164 g/mol. The summed E-state index contributed by atoms with van der Waals surface area (Å²) >= 11 is 0. The van der Waals surface area contributed by atoms with Crippen LogP contribution in [0.5, 0.6) is 0 Å². The molecule has 0 aromatic heterocycles. The van der Waals surface area contributed by atoms with Crippen molar-refractivity contribution < 1.29 is 9.84 Å². The number of ether oxygens (including phenoxy) is 1. The lowest BCUT2D eigenvalue weighted by Gasteiger charge is -2.34. The summed E-state index contributed by atoms with van der Waals surface area (Å²) in [4.78, 5) is 0. The van der Waals surface area contributed by atoms with Gasteiger partial charge in [0.1, 0.15) is 0 Å². The molecule has 1 aliphatic heterocycles. The van der Waals surface area contributed by atoms with E-state index in [9.17, 15) is 5.11 Å². The van der Waals surface area contributed by atoms with Crippen LogP contribution in [0, 0.1) is 0 Å². The smallest absolute Gasteiger partial charge is 0.0695 e. The quantitative estimate of drug-likeness (QED) is 0.667. The van der Waals surface area contributed by atoms with Crippen molar-refractivity contribution in [2.45, 2.75) is 51.7 Å². The Morgan fingerprint density at radius 3 is 2.92 bits per heavy atom. The van der Waals surface area contributed by atoms with Gasteiger partial charge in [0.15, 0.2) is 0 Å². The highest BCUT2D eigenvalue weighted by Crippen LogP contribution is 2.31. The standard InChI is InChI=1S/C11H20O2/c1-4-11(3)8-10(5-6-13-11)7-9(2)12/h7,9,12H,4-6,8H2,1-3H3. The molecule has 1 heterocycles. The summed E-state index contributed by atoms with van der Waals surface area (Å²) < 4.78 is 5.70. The van der Waals surface area contributed by atoms with E-state index in [0.29, 0.717) is 0 Å². The minimum absolute atomic E-state index is 0.00102. The second-order valence-electron chi connectivity index (χ2n) is 4.14. The molecule has 1 N–H and O–H groups in total. The van der Waals surface area contributed by atoms with Crippen LogP contribution in [-0.2, 0) is 4.74 Å². The van der Waals surface area contributed by atoms with Gasteiger partial charge >= 0.3 is 0 Å². The molecule has 0 radical (unpaired) electrons. The molecule has 0 bridgehead atoms. The molecule has 2 atom stereocenters. The average molecular weight is 184 g/mol. The van der Waals surface area contributed by atoms with Crippen molar-refractivity contribution in [1.29, 1.82) is 0 Å². The summed E-state index contributed by atoms with van der Waals surface area (Å²) in [5, 5.41) is 9.23. The van der Waals surface area contributed by atoms with Crippen molar-refractivity contribution in [2.75, 3.05) is 6.61 Å². The summed E-state index contributed by atoms with van der Waals surface area (Å²) in [6.07, 6.45) is 4.60. The van der Waals surface area contributed by atoms with Gasteiger partial charge in [0.05, 0.1) is 18.3 Å². The minimum Gasteiger partial charge on any atom is -0.389 e. The molecule has 2 heteroatoms. The van der Waals surface area contributed by atoms with Gasteiger partial charge in [0, 0.05) is 0 Å². The van der Waals surface area contributed by atoms with Crippen LogP contribution in [0.25, 0.3) is 0 Å². The second kappa shape index (κ2) is 4.25. The van der Waals surface area contributed by atoms with E-state index in [1.165, 1.54) is 5.57 Å².